The van der Waals surface area contributed by atoms with Gasteiger partial charge in [-0.25, -0.2) is 4.98 Å². The van der Waals surface area contributed by atoms with Gasteiger partial charge in [0.15, 0.2) is 0 Å². The Morgan fingerprint density at radius 1 is 1.16 bits per heavy atom. The average Bonchev–Trinajstić information content (AvgIpc) is 3.08. The molecule has 0 amide bonds. The van der Waals surface area contributed by atoms with Gasteiger partial charge in [0.05, 0.1) is 17.1 Å². The number of unbranched alkanes of at least 4 members (excludes halogenated alkanes) is 1. The number of nitrogens with zero attached hydrogens (tertiary/aromatic N) is 4. The fraction of sp³-hybridized carbons (Fsp3) is 0.346. The van der Waals surface area contributed by atoms with E-state index in [1.807, 2.05) is 30.5 Å². The average molecular weight is 493 g/mol. The minimum Gasteiger partial charge on any atom is -0.341 e. The van der Waals surface area contributed by atoms with Crippen LogP contribution in [0.3, 0.4) is 0 Å². The van der Waals surface area contributed by atoms with Gasteiger partial charge in [0.1, 0.15) is 5.82 Å². The molecule has 0 aliphatic carbocycles. The Hall–Kier alpha value is -2.73. The largest absolute Gasteiger partial charge is 0.341 e. The Morgan fingerprint density at radius 3 is 2.69 bits per heavy atom. The SMILES string of the molecule is CCCCc1nc2ccc(Br)cc2c(=O)n1N=Cc1c(C)n([C@H](C)CC)c2ccccc12. The quantitative estimate of drug-likeness (QED) is 0.272. The molecule has 0 bridgehead atoms. The predicted octanol–water partition coefficient (Wildman–Crippen LogP) is 6.62. The second kappa shape index (κ2) is 9.41. The highest BCUT2D eigenvalue weighted by molar-refractivity contribution is 9.10. The number of fused-ring (bicyclic) bond motifs is 2. The number of benzene rings is 2. The van der Waals surface area contributed by atoms with Crippen LogP contribution >= 0.6 is 15.9 Å². The number of para-hydroxylation sites is 1. The smallest absolute Gasteiger partial charge is 0.282 e. The summed E-state index contributed by atoms with van der Waals surface area (Å²) >= 11 is 3.47. The van der Waals surface area contributed by atoms with E-state index < -0.39 is 0 Å². The maximum atomic E-state index is 13.4. The van der Waals surface area contributed by atoms with E-state index in [4.69, 9.17) is 10.1 Å². The van der Waals surface area contributed by atoms with E-state index in [1.54, 1.807) is 0 Å². The molecule has 166 valence electrons. The first-order valence-electron chi connectivity index (χ1n) is 11.3. The molecule has 0 N–H and O–H groups in total. The molecule has 0 spiro atoms. The Morgan fingerprint density at radius 2 is 1.94 bits per heavy atom. The number of rotatable bonds is 7. The summed E-state index contributed by atoms with van der Waals surface area (Å²) in [5.74, 6) is 0.700. The van der Waals surface area contributed by atoms with E-state index in [2.05, 4.69) is 66.4 Å². The highest BCUT2D eigenvalue weighted by atomic mass is 79.9. The number of aryl methyl sites for hydroxylation is 1. The molecule has 0 saturated heterocycles. The Bertz CT molecular complexity index is 1370. The molecule has 5 nitrogen and oxygen atoms in total. The lowest BCUT2D eigenvalue weighted by molar-refractivity contribution is 0.537. The van der Waals surface area contributed by atoms with Crippen LogP contribution in [-0.4, -0.2) is 20.4 Å². The third-order valence-corrected chi connectivity index (χ3v) is 6.66. The van der Waals surface area contributed by atoms with Crippen molar-refractivity contribution in [1.29, 1.82) is 0 Å². The fourth-order valence-electron chi connectivity index (χ4n) is 4.26. The van der Waals surface area contributed by atoms with Crippen molar-refractivity contribution in [3.8, 4) is 0 Å². The number of hydrogen-bond acceptors (Lipinski definition) is 3. The van der Waals surface area contributed by atoms with E-state index in [0.717, 1.165) is 40.4 Å². The number of aromatic nitrogens is 3. The lowest BCUT2D eigenvalue weighted by atomic mass is 10.1. The number of hydrogen-bond donors (Lipinski definition) is 0. The van der Waals surface area contributed by atoms with Crippen LogP contribution in [0.5, 0.6) is 0 Å². The van der Waals surface area contributed by atoms with Crippen LogP contribution in [0.2, 0.25) is 0 Å². The summed E-state index contributed by atoms with van der Waals surface area (Å²) in [6.45, 7) is 8.70. The van der Waals surface area contributed by atoms with Crippen LogP contribution in [0.15, 0.2) is 56.8 Å². The van der Waals surface area contributed by atoms with Crippen molar-refractivity contribution < 1.29 is 0 Å². The Kier molecular flexibility index (Phi) is 6.60. The first kappa shape index (κ1) is 22.5. The van der Waals surface area contributed by atoms with Crippen molar-refractivity contribution in [2.45, 2.75) is 59.4 Å². The predicted molar refractivity (Wildman–Crippen MR) is 137 cm³/mol. The van der Waals surface area contributed by atoms with Crippen molar-refractivity contribution in [2.75, 3.05) is 0 Å². The molecule has 0 unspecified atom stereocenters. The molecular weight excluding hydrogens is 464 g/mol. The van der Waals surface area contributed by atoms with Crippen LogP contribution < -0.4 is 5.56 Å². The molecule has 4 aromatic rings. The number of halogens is 1. The molecule has 1 atom stereocenters. The van der Waals surface area contributed by atoms with Crippen LogP contribution in [0.1, 0.15) is 63.2 Å². The lowest BCUT2D eigenvalue weighted by Gasteiger charge is -2.15. The Balaban J connectivity index is 1.91. The maximum Gasteiger partial charge on any atom is 0.282 e. The minimum atomic E-state index is -0.137. The Labute approximate surface area is 196 Å². The van der Waals surface area contributed by atoms with Crippen molar-refractivity contribution in [1.82, 2.24) is 14.2 Å². The van der Waals surface area contributed by atoms with Gasteiger partial charge in [-0.15, -0.1) is 0 Å². The normalized spacial score (nSPS) is 12.9. The summed E-state index contributed by atoms with van der Waals surface area (Å²) in [5.41, 5.74) is 3.97. The minimum absolute atomic E-state index is 0.137. The molecule has 32 heavy (non-hydrogen) atoms. The van der Waals surface area contributed by atoms with Gasteiger partial charge in [0.25, 0.3) is 5.56 Å². The topological polar surface area (TPSA) is 52.2 Å². The molecule has 2 heterocycles. The van der Waals surface area contributed by atoms with Crippen molar-refractivity contribution in [2.24, 2.45) is 5.10 Å². The third kappa shape index (κ3) is 4.04. The molecule has 2 aromatic heterocycles. The van der Waals surface area contributed by atoms with Crippen LogP contribution in [0.25, 0.3) is 21.8 Å². The zero-order valence-electron chi connectivity index (χ0n) is 19.1. The van der Waals surface area contributed by atoms with Gasteiger partial charge in [-0.2, -0.15) is 9.78 Å². The van der Waals surface area contributed by atoms with E-state index >= 15 is 0 Å². The van der Waals surface area contributed by atoms with Crippen LogP contribution in [0, 0.1) is 6.92 Å². The van der Waals surface area contributed by atoms with Gasteiger partial charge in [0.2, 0.25) is 0 Å². The van der Waals surface area contributed by atoms with Crippen molar-refractivity contribution in [3.05, 3.63) is 74.4 Å². The zero-order valence-corrected chi connectivity index (χ0v) is 20.7. The summed E-state index contributed by atoms with van der Waals surface area (Å²) in [5, 5.41) is 6.42. The van der Waals surface area contributed by atoms with Crippen LogP contribution in [-0.2, 0) is 6.42 Å². The summed E-state index contributed by atoms with van der Waals surface area (Å²) < 4.78 is 4.71. The van der Waals surface area contributed by atoms with Gasteiger partial charge >= 0.3 is 0 Å². The molecule has 0 aliphatic heterocycles. The summed E-state index contributed by atoms with van der Waals surface area (Å²) in [6.07, 6.45) is 5.57. The van der Waals surface area contributed by atoms with Gasteiger partial charge in [0, 0.05) is 39.1 Å². The van der Waals surface area contributed by atoms with E-state index in [-0.39, 0.29) is 5.56 Å². The maximum absolute atomic E-state index is 13.4. The summed E-state index contributed by atoms with van der Waals surface area (Å²) in [6, 6.07) is 14.4. The molecule has 6 heteroatoms. The second-order valence-electron chi connectivity index (χ2n) is 8.30. The van der Waals surface area contributed by atoms with E-state index in [9.17, 15) is 4.79 Å². The molecule has 0 saturated carbocycles. The van der Waals surface area contributed by atoms with Gasteiger partial charge < -0.3 is 4.57 Å². The van der Waals surface area contributed by atoms with E-state index in [1.165, 1.54) is 10.2 Å². The highest BCUT2D eigenvalue weighted by Crippen LogP contribution is 2.29. The fourth-order valence-corrected chi connectivity index (χ4v) is 4.62. The molecule has 4 rings (SSSR count). The van der Waals surface area contributed by atoms with Gasteiger partial charge in [-0.3, -0.25) is 4.79 Å². The van der Waals surface area contributed by atoms with Gasteiger partial charge in [-0.05, 0) is 51.0 Å². The van der Waals surface area contributed by atoms with Crippen LogP contribution in [0.4, 0.5) is 0 Å². The van der Waals surface area contributed by atoms with Crippen molar-refractivity contribution in [3.63, 3.8) is 0 Å². The molecule has 0 radical (unpaired) electrons. The second-order valence-corrected chi connectivity index (χ2v) is 9.21. The molecule has 2 aromatic carbocycles. The first-order valence-corrected chi connectivity index (χ1v) is 12.1. The van der Waals surface area contributed by atoms with Gasteiger partial charge in [-0.1, -0.05) is 54.4 Å². The molecule has 0 fully saturated rings. The first-order chi connectivity index (χ1) is 15.5. The lowest BCUT2D eigenvalue weighted by Crippen LogP contribution is -2.22. The molecule has 0 aliphatic rings. The zero-order chi connectivity index (χ0) is 22.8. The third-order valence-electron chi connectivity index (χ3n) is 6.17. The standard InChI is InChI=1S/C26H29BrN4O/c1-5-7-12-25-29-23-14-13-19(27)15-21(23)26(32)31(25)28-16-22-18(4)30(17(3)6-2)24-11-9-8-10-20(22)24/h8-11,13-17H,5-7,12H2,1-4H3/t17-/m1/s1. The highest BCUT2D eigenvalue weighted by Gasteiger charge is 2.16. The summed E-state index contributed by atoms with van der Waals surface area (Å²) in [7, 11) is 0. The monoisotopic (exact) mass is 492 g/mol. The molecular formula is C26H29BrN4O. The summed E-state index contributed by atoms with van der Waals surface area (Å²) in [4.78, 5) is 18.2. The van der Waals surface area contributed by atoms with E-state index in [0.29, 0.717) is 29.2 Å². The van der Waals surface area contributed by atoms with Crippen molar-refractivity contribution >= 4 is 44.0 Å².